The molecule has 0 unspecified atom stereocenters. The fraction of sp³-hybridized carbons (Fsp3) is 0. The largest absolute Gasteiger partial charge is 0.292 e. The molecule has 3 heterocycles. The third kappa shape index (κ3) is 2.87. The van der Waals surface area contributed by atoms with E-state index in [2.05, 4.69) is 10.6 Å². The van der Waals surface area contributed by atoms with Gasteiger partial charge in [-0.2, -0.15) is 5.26 Å². The molecule has 0 fully saturated rings. The van der Waals surface area contributed by atoms with Crippen LogP contribution >= 0.6 is 0 Å². The number of benzene rings is 4. The summed E-state index contributed by atoms with van der Waals surface area (Å²) in [4.78, 5) is 23.5. The van der Waals surface area contributed by atoms with Crippen LogP contribution in [0.4, 0.5) is 0 Å². The Morgan fingerprint density at radius 1 is 0.722 bits per heavy atom. The zero-order chi connectivity index (χ0) is 24.2. The van der Waals surface area contributed by atoms with Crippen LogP contribution in [0.3, 0.4) is 0 Å². The molecule has 0 bridgehead atoms. The number of hydrogen-bond donors (Lipinski definition) is 0. The Kier molecular flexibility index (Phi) is 4.26. The molecule has 36 heavy (non-hydrogen) atoms. The lowest BCUT2D eigenvalue weighted by Gasteiger charge is -2.12. The van der Waals surface area contributed by atoms with Gasteiger partial charge in [-0.3, -0.25) is 13.8 Å². The summed E-state index contributed by atoms with van der Waals surface area (Å²) in [6.45, 7) is 0. The summed E-state index contributed by atoms with van der Waals surface area (Å²) in [6, 6.07) is 35.1. The van der Waals surface area contributed by atoms with Crippen molar-refractivity contribution < 1.29 is 0 Å². The average Bonchev–Trinajstić information content (AvgIpc) is 3.32. The molecule has 4 aromatic carbocycles. The smallest absolute Gasteiger partial charge is 0.266 e. The van der Waals surface area contributed by atoms with Crippen molar-refractivity contribution in [2.24, 2.45) is 0 Å². The second-order valence-corrected chi connectivity index (χ2v) is 8.63. The van der Waals surface area contributed by atoms with E-state index in [9.17, 15) is 10.1 Å². The zero-order valence-corrected chi connectivity index (χ0v) is 19.0. The number of imidazole rings is 1. The zero-order valence-electron chi connectivity index (χ0n) is 19.0. The van der Waals surface area contributed by atoms with Crippen LogP contribution in [0.5, 0.6) is 0 Å². The summed E-state index contributed by atoms with van der Waals surface area (Å²) < 4.78 is 3.62. The van der Waals surface area contributed by atoms with E-state index in [0.717, 1.165) is 33.5 Å². The van der Waals surface area contributed by atoms with Gasteiger partial charge in [0.15, 0.2) is 5.65 Å². The van der Waals surface area contributed by atoms with Gasteiger partial charge in [-0.25, -0.2) is 9.97 Å². The van der Waals surface area contributed by atoms with Gasteiger partial charge in [-0.15, -0.1) is 0 Å². The van der Waals surface area contributed by atoms with E-state index in [-0.39, 0.29) is 5.56 Å². The number of hydrogen-bond acceptors (Lipinski definition) is 4. The van der Waals surface area contributed by atoms with Crippen molar-refractivity contribution in [2.45, 2.75) is 0 Å². The van der Waals surface area contributed by atoms with Crippen LogP contribution in [-0.2, 0) is 0 Å². The van der Waals surface area contributed by atoms with E-state index in [0.29, 0.717) is 27.6 Å². The summed E-state index contributed by atoms with van der Waals surface area (Å²) in [5.41, 5.74) is 5.38. The third-order valence-electron chi connectivity index (χ3n) is 6.54. The molecule has 6 heteroatoms. The van der Waals surface area contributed by atoms with Crippen LogP contribution in [0, 0.1) is 11.3 Å². The van der Waals surface area contributed by atoms with Crippen molar-refractivity contribution in [3.05, 3.63) is 119 Å². The first-order valence-electron chi connectivity index (χ1n) is 11.5. The Morgan fingerprint density at radius 3 is 2.31 bits per heavy atom. The molecule has 0 aliphatic carbocycles. The normalized spacial score (nSPS) is 11.4. The van der Waals surface area contributed by atoms with Crippen molar-refractivity contribution in [1.29, 1.82) is 5.26 Å². The predicted octanol–water partition coefficient (Wildman–Crippen LogP) is 5.88. The third-order valence-corrected chi connectivity index (χ3v) is 6.54. The Labute approximate surface area is 204 Å². The van der Waals surface area contributed by atoms with E-state index >= 15 is 0 Å². The van der Waals surface area contributed by atoms with Gasteiger partial charge in [-0.1, -0.05) is 60.7 Å². The highest BCUT2D eigenvalue weighted by Gasteiger charge is 2.17. The maximum atomic E-state index is 13.9. The molecule has 0 radical (unpaired) electrons. The minimum Gasteiger partial charge on any atom is -0.292 e. The Bertz CT molecular complexity index is 2080. The van der Waals surface area contributed by atoms with Crippen molar-refractivity contribution in [3.8, 4) is 23.1 Å². The van der Waals surface area contributed by atoms with E-state index in [1.807, 2.05) is 97.1 Å². The molecule has 0 aliphatic rings. The van der Waals surface area contributed by atoms with Crippen molar-refractivity contribution in [2.75, 3.05) is 0 Å². The van der Waals surface area contributed by atoms with Gasteiger partial charge in [-0.05, 0) is 42.5 Å². The summed E-state index contributed by atoms with van der Waals surface area (Å²) in [7, 11) is 0. The molecule has 6 nitrogen and oxygen atoms in total. The van der Waals surface area contributed by atoms with Gasteiger partial charge in [0.2, 0.25) is 0 Å². The fourth-order valence-electron chi connectivity index (χ4n) is 4.90. The Hall–Kier alpha value is -5.28. The van der Waals surface area contributed by atoms with Gasteiger partial charge < -0.3 is 0 Å². The number of nitrogens with zero attached hydrogens (tertiary/aromatic N) is 5. The molecule has 0 amide bonds. The average molecular weight is 464 g/mol. The van der Waals surface area contributed by atoms with Crippen LogP contribution < -0.4 is 5.56 Å². The first-order chi connectivity index (χ1) is 17.7. The monoisotopic (exact) mass is 463 g/mol. The Morgan fingerprint density at radius 2 is 1.47 bits per heavy atom. The lowest BCUT2D eigenvalue weighted by Crippen LogP contribution is -2.17. The van der Waals surface area contributed by atoms with Crippen molar-refractivity contribution >= 4 is 38.5 Å². The molecular weight excluding hydrogens is 446 g/mol. The number of rotatable bonds is 2. The first kappa shape index (κ1) is 20.1. The molecule has 3 aromatic heterocycles. The maximum Gasteiger partial charge on any atom is 0.266 e. The van der Waals surface area contributed by atoms with E-state index in [4.69, 9.17) is 9.97 Å². The molecule has 0 atom stereocenters. The molecule has 7 aromatic rings. The second kappa shape index (κ2) is 7.62. The SMILES string of the molecule is N#Cc1cc2ccccc2n2c(=O)c3cc(-n4c(-c5ccccc5)nc5ccccc54)ccc3nc12. The number of nitriles is 1. The van der Waals surface area contributed by atoms with Gasteiger partial charge >= 0.3 is 0 Å². The number of aromatic nitrogens is 4. The molecular formula is C30H17N5O. The molecule has 0 saturated heterocycles. The first-order valence-corrected chi connectivity index (χ1v) is 11.5. The topological polar surface area (TPSA) is 76.0 Å². The molecule has 0 aliphatic heterocycles. The van der Waals surface area contributed by atoms with Crippen LogP contribution in [0.25, 0.3) is 55.6 Å². The van der Waals surface area contributed by atoms with Crippen LogP contribution in [0.2, 0.25) is 0 Å². The summed E-state index contributed by atoms with van der Waals surface area (Å²) in [5, 5.41) is 11.0. The molecule has 0 spiro atoms. The van der Waals surface area contributed by atoms with Gasteiger partial charge in [0, 0.05) is 16.6 Å². The second-order valence-electron chi connectivity index (χ2n) is 8.63. The molecule has 0 N–H and O–H groups in total. The van der Waals surface area contributed by atoms with E-state index < -0.39 is 0 Å². The summed E-state index contributed by atoms with van der Waals surface area (Å²) in [5.74, 6) is 0.794. The molecule has 0 saturated carbocycles. The minimum atomic E-state index is -0.212. The lowest BCUT2D eigenvalue weighted by atomic mass is 10.1. The number of para-hydroxylation sites is 3. The van der Waals surface area contributed by atoms with Gasteiger partial charge in [0.1, 0.15) is 11.9 Å². The minimum absolute atomic E-state index is 0.212. The van der Waals surface area contributed by atoms with Gasteiger partial charge in [0.25, 0.3) is 5.56 Å². The number of fused-ring (bicyclic) bond motifs is 5. The quantitative estimate of drug-likeness (QED) is 0.237. The van der Waals surface area contributed by atoms with Crippen molar-refractivity contribution in [3.63, 3.8) is 0 Å². The molecule has 7 rings (SSSR count). The summed E-state index contributed by atoms with van der Waals surface area (Å²) in [6.07, 6.45) is 0. The lowest BCUT2D eigenvalue weighted by molar-refractivity contribution is 1.09. The van der Waals surface area contributed by atoms with E-state index in [1.54, 1.807) is 10.5 Å². The Balaban J connectivity index is 1.58. The van der Waals surface area contributed by atoms with Crippen molar-refractivity contribution in [1.82, 2.24) is 18.9 Å². The van der Waals surface area contributed by atoms with Crippen LogP contribution in [0.1, 0.15) is 5.56 Å². The standard InChI is InChI=1S/C30H17N5O/c31-18-21-16-20-10-4-6-12-26(20)35-29(21)32-24-15-14-22(17-23(24)30(35)36)34-27-13-7-5-11-25(27)33-28(34)19-8-2-1-3-9-19/h1-17H. The van der Waals surface area contributed by atoms with E-state index in [1.165, 1.54) is 0 Å². The van der Waals surface area contributed by atoms with Gasteiger partial charge in [0.05, 0.1) is 33.0 Å². The number of pyridine rings is 1. The van der Waals surface area contributed by atoms with Crippen LogP contribution in [0.15, 0.2) is 108 Å². The highest BCUT2D eigenvalue weighted by Crippen LogP contribution is 2.30. The van der Waals surface area contributed by atoms with Crippen LogP contribution in [-0.4, -0.2) is 18.9 Å². The molecule has 168 valence electrons. The summed E-state index contributed by atoms with van der Waals surface area (Å²) >= 11 is 0. The fourth-order valence-corrected chi connectivity index (χ4v) is 4.90. The predicted molar refractivity (Wildman–Crippen MR) is 141 cm³/mol. The highest BCUT2D eigenvalue weighted by molar-refractivity contribution is 5.90. The maximum absolute atomic E-state index is 13.9. The highest BCUT2D eigenvalue weighted by atomic mass is 16.1.